The molecule has 0 spiro atoms. The van der Waals surface area contributed by atoms with Crippen LogP contribution in [0.5, 0.6) is 0 Å². The largest absolute Gasteiger partial charge is 0.385 e. The van der Waals surface area contributed by atoms with Crippen molar-refractivity contribution >= 4 is 5.69 Å². The highest BCUT2D eigenvalue weighted by molar-refractivity contribution is 5.52. The number of fused-ring (bicyclic) bond motifs is 1. The van der Waals surface area contributed by atoms with Crippen molar-refractivity contribution in [3.63, 3.8) is 0 Å². The number of aryl methyl sites for hydroxylation is 1. The molecular formula is C9H13N. The van der Waals surface area contributed by atoms with Gasteiger partial charge in [0.1, 0.15) is 0 Å². The van der Waals surface area contributed by atoms with Crippen molar-refractivity contribution in [3.05, 3.63) is 29.8 Å². The molecule has 10 heavy (non-hydrogen) atoms. The standard InChI is InChI=1S/C9H11N.H2/c1-2-6-9-8(4-1)5-3-7-10-9;/h1-2,4,6,10H,3,5,7H2;1H. The molecule has 0 aliphatic carbocycles. The normalized spacial score (nSPS) is 15.6. The minimum Gasteiger partial charge on any atom is -0.385 e. The van der Waals surface area contributed by atoms with Crippen LogP contribution >= 0.6 is 0 Å². The first-order valence-electron chi connectivity index (χ1n) is 3.78. The van der Waals surface area contributed by atoms with Gasteiger partial charge in [0.2, 0.25) is 0 Å². The molecule has 1 nitrogen and oxygen atoms in total. The zero-order chi connectivity index (χ0) is 6.81. The van der Waals surface area contributed by atoms with Gasteiger partial charge < -0.3 is 5.32 Å². The Morgan fingerprint density at radius 3 is 3.10 bits per heavy atom. The van der Waals surface area contributed by atoms with Crippen LogP contribution in [0, 0.1) is 0 Å². The van der Waals surface area contributed by atoms with E-state index in [2.05, 4.69) is 29.6 Å². The zero-order valence-corrected chi connectivity index (χ0v) is 5.93. The maximum atomic E-state index is 3.36. The molecule has 0 unspecified atom stereocenters. The number of rotatable bonds is 0. The van der Waals surface area contributed by atoms with E-state index in [0.29, 0.717) is 0 Å². The minimum absolute atomic E-state index is 0. The van der Waals surface area contributed by atoms with Crippen LogP contribution in [0.25, 0.3) is 0 Å². The summed E-state index contributed by atoms with van der Waals surface area (Å²) >= 11 is 0. The number of benzene rings is 1. The molecule has 0 bridgehead atoms. The van der Waals surface area contributed by atoms with Gasteiger partial charge in [0, 0.05) is 13.7 Å². The van der Waals surface area contributed by atoms with E-state index in [1.165, 1.54) is 24.1 Å². The van der Waals surface area contributed by atoms with Crippen LogP contribution in [-0.2, 0) is 6.42 Å². The summed E-state index contributed by atoms with van der Waals surface area (Å²) in [7, 11) is 0. The molecule has 0 amide bonds. The van der Waals surface area contributed by atoms with Crippen LogP contribution in [0.3, 0.4) is 0 Å². The Morgan fingerprint density at radius 2 is 2.20 bits per heavy atom. The molecule has 0 saturated heterocycles. The van der Waals surface area contributed by atoms with E-state index in [4.69, 9.17) is 0 Å². The quantitative estimate of drug-likeness (QED) is 0.575. The Balaban J connectivity index is 0.000000605. The molecular weight excluding hydrogens is 122 g/mol. The van der Waals surface area contributed by atoms with Gasteiger partial charge in [-0.1, -0.05) is 18.2 Å². The summed E-state index contributed by atoms with van der Waals surface area (Å²) in [4.78, 5) is 0. The van der Waals surface area contributed by atoms with E-state index in [1.807, 2.05) is 0 Å². The van der Waals surface area contributed by atoms with E-state index in [9.17, 15) is 0 Å². The van der Waals surface area contributed by atoms with E-state index in [1.54, 1.807) is 0 Å². The van der Waals surface area contributed by atoms with Crippen LogP contribution in [0.4, 0.5) is 5.69 Å². The van der Waals surface area contributed by atoms with Crippen LogP contribution in [-0.4, -0.2) is 6.54 Å². The summed E-state index contributed by atoms with van der Waals surface area (Å²) < 4.78 is 0. The van der Waals surface area contributed by atoms with E-state index >= 15 is 0 Å². The SMILES string of the molecule is [HH].c1ccc2c(c1)CCCN2. The number of para-hydroxylation sites is 1. The van der Waals surface area contributed by atoms with Gasteiger partial charge in [0.15, 0.2) is 0 Å². The highest BCUT2D eigenvalue weighted by Gasteiger charge is 2.04. The van der Waals surface area contributed by atoms with Crippen LogP contribution < -0.4 is 5.32 Å². The Kier molecular flexibility index (Phi) is 1.35. The average Bonchev–Trinajstić information content (AvgIpc) is 2.05. The van der Waals surface area contributed by atoms with Crippen molar-refractivity contribution in [1.82, 2.24) is 0 Å². The molecule has 1 aliphatic rings. The lowest BCUT2D eigenvalue weighted by molar-refractivity contribution is 0.830. The predicted octanol–water partition coefficient (Wildman–Crippen LogP) is 2.29. The van der Waals surface area contributed by atoms with Gasteiger partial charge in [0.05, 0.1) is 0 Å². The number of hydrogen-bond donors (Lipinski definition) is 1. The van der Waals surface area contributed by atoms with Gasteiger partial charge in [-0.05, 0) is 24.5 Å². The summed E-state index contributed by atoms with van der Waals surface area (Å²) in [5.74, 6) is 0. The molecule has 0 radical (unpaired) electrons. The molecule has 0 saturated carbocycles. The van der Waals surface area contributed by atoms with E-state index in [-0.39, 0.29) is 1.43 Å². The maximum Gasteiger partial charge on any atom is 0.0372 e. The fraction of sp³-hybridized carbons (Fsp3) is 0.333. The number of hydrogen-bond acceptors (Lipinski definition) is 1. The third-order valence-electron chi connectivity index (χ3n) is 1.96. The lowest BCUT2D eigenvalue weighted by Gasteiger charge is -2.16. The Labute approximate surface area is 62.6 Å². The Bertz CT molecular complexity index is 210. The van der Waals surface area contributed by atoms with Gasteiger partial charge >= 0.3 is 0 Å². The fourth-order valence-electron chi connectivity index (χ4n) is 1.41. The molecule has 1 N–H and O–H groups in total. The fourth-order valence-corrected chi connectivity index (χ4v) is 1.41. The first-order chi connectivity index (χ1) is 4.97. The molecule has 1 aromatic carbocycles. The van der Waals surface area contributed by atoms with Crippen LogP contribution in [0.15, 0.2) is 24.3 Å². The molecule has 1 heteroatoms. The van der Waals surface area contributed by atoms with Gasteiger partial charge in [-0.3, -0.25) is 0 Å². The van der Waals surface area contributed by atoms with Crippen molar-refractivity contribution in [2.75, 3.05) is 11.9 Å². The van der Waals surface area contributed by atoms with Gasteiger partial charge in [-0.15, -0.1) is 0 Å². The van der Waals surface area contributed by atoms with E-state index < -0.39 is 0 Å². The van der Waals surface area contributed by atoms with Crippen molar-refractivity contribution in [2.24, 2.45) is 0 Å². The smallest absolute Gasteiger partial charge is 0.0372 e. The second-order valence-electron chi connectivity index (χ2n) is 2.69. The molecule has 1 aromatic rings. The maximum absolute atomic E-state index is 3.36. The zero-order valence-electron chi connectivity index (χ0n) is 5.93. The third-order valence-corrected chi connectivity index (χ3v) is 1.96. The first kappa shape index (κ1) is 5.78. The van der Waals surface area contributed by atoms with Crippen molar-refractivity contribution in [1.29, 1.82) is 0 Å². The monoisotopic (exact) mass is 135 g/mol. The van der Waals surface area contributed by atoms with Gasteiger partial charge in [0.25, 0.3) is 0 Å². The average molecular weight is 135 g/mol. The van der Waals surface area contributed by atoms with Crippen LogP contribution in [0.1, 0.15) is 13.4 Å². The molecule has 0 aromatic heterocycles. The van der Waals surface area contributed by atoms with E-state index in [0.717, 1.165) is 6.54 Å². The molecule has 1 heterocycles. The summed E-state index contributed by atoms with van der Waals surface area (Å²) in [6.07, 6.45) is 2.51. The molecule has 2 rings (SSSR count). The Hall–Kier alpha value is -0.980. The number of anilines is 1. The summed E-state index contributed by atoms with van der Waals surface area (Å²) in [6.45, 7) is 1.14. The highest BCUT2D eigenvalue weighted by atomic mass is 14.9. The lowest BCUT2D eigenvalue weighted by atomic mass is 10.0. The van der Waals surface area contributed by atoms with Crippen LogP contribution in [0.2, 0.25) is 0 Å². The second-order valence-corrected chi connectivity index (χ2v) is 2.69. The summed E-state index contributed by atoms with van der Waals surface area (Å²) in [5.41, 5.74) is 2.79. The van der Waals surface area contributed by atoms with Gasteiger partial charge in [-0.25, -0.2) is 0 Å². The van der Waals surface area contributed by atoms with Crippen molar-refractivity contribution < 1.29 is 1.43 Å². The minimum atomic E-state index is 0. The van der Waals surface area contributed by atoms with Crippen molar-refractivity contribution in [2.45, 2.75) is 12.8 Å². The number of nitrogens with one attached hydrogen (secondary N) is 1. The molecule has 0 fully saturated rings. The summed E-state index contributed by atoms with van der Waals surface area (Å²) in [5, 5.41) is 3.36. The summed E-state index contributed by atoms with van der Waals surface area (Å²) in [6, 6.07) is 8.53. The second kappa shape index (κ2) is 2.33. The third kappa shape index (κ3) is 0.878. The molecule has 0 atom stereocenters. The lowest BCUT2D eigenvalue weighted by Crippen LogP contribution is -2.10. The predicted molar refractivity (Wildman–Crippen MR) is 45.4 cm³/mol. The molecule has 54 valence electrons. The topological polar surface area (TPSA) is 12.0 Å². The Morgan fingerprint density at radius 1 is 1.30 bits per heavy atom. The first-order valence-corrected chi connectivity index (χ1v) is 3.78. The van der Waals surface area contributed by atoms with Crippen molar-refractivity contribution in [3.8, 4) is 0 Å². The van der Waals surface area contributed by atoms with Gasteiger partial charge in [-0.2, -0.15) is 0 Å². The highest BCUT2D eigenvalue weighted by Crippen LogP contribution is 2.19. The molecule has 1 aliphatic heterocycles.